The molecule has 0 N–H and O–H groups in total. The third-order valence-electron chi connectivity index (χ3n) is 2.34. The SMILES string of the molecule is CCc1nc(COc2ccc(F)cc2S(=O)(=O)Cl)no1. The zero-order valence-corrected chi connectivity index (χ0v) is 11.9. The molecule has 6 nitrogen and oxygen atoms in total. The maximum absolute atomic E-state index is 13.1. The Morgan fingerprint density at radius 3 is 2.80 bits per heavy atom. The van der Waals surface area contributed by atoms with Crippen molar-refractivity contribution in [2.45, 2.75) is 24.8 Å². The van der Waals surface area contributed by atoms with Crippen molar-refractivity contribution in [2.75, 3.05) is 0 Å². The van der Waals surface area contributed by atoms with Crippen molar-refractivity contribution in [3.63, 3.8) is 0 Å². The summed E-state index contributed by atoms with van der Waals surface area (Å²) in [7, 11) is 1.10. The van der Waals surface area contributed by atoms with E-state index in [1.165, 1.54) is 6.07 Å². The first-order valence-electron chi connectivity index (χ1n) is 5.58. The lowest BCUT2D eigenvalue weighted by atomic mass is 10.3. The monoisotopic (exact) mass is 320 g/mol. The van der Waals surface area contributed by atoms with Gasteiger partial charge in [-0.3, -0.25) is 0 Å². The number of halogens is 2. The van der Waals surface area contributed by atoms with Gasteiger partial charge in [0.1, 0.15) is 16.5 Å². The van der Waals surface area contributed by atoms with E-state index in [1.807, 2.05) is 6.92 Å². The van der Waals surface area contributed by atoms with Crippen LogP contribution < -0.4 is 4.74 Å². The summed E-state index contributed by atoms with van der Waals surface area (Å²) in [4.78, 5) is 3.55. The average molecular weight is 321 g/mol. The molecular weight excluding hydrogens is 311 g/mol. The van der Waals surface area contributed by atoms with Crippen LogP contribution in [0.3, 0.4) is 0 Å². The Labute approximate surface area is 118 Å². The fourth-order valence-corrected chi connectivity index (χ4v) is 2.41. The molecule has 0 aliphatic heterocycles. The van der Waals surface area contributed by atoms with E-state index < -0.39 is 19.8 Å². The van der Waals surface area contributed by atoms with Crippen molar-refractivity contribution >= 4 is 19.7 Å². The maximum Gasteiger partial charge on any atom is 0.265 e. The van der Waals surface area contributed by atoms with Gasteiger partial charge >= 0.3 is 0 Å². The lowest BCUT2D eigenvalue weighted by Gasteiger charge is -2.07. The van der Waals surface area contributed by atoms with Gasteiger partial charge in [-0.05, 0) is 18.2 Å². The average Bonchev–Trinajstić information content (AvgIpc) is 2.84. The van der Waals surface area contributed by atoms with Gasteiger partial charge in [-0.15, -0.1) is 0 Å². The molecule has 0 unspecified atom stereocenters. The standard InChI is InChI=1S/C11H10ClFN2O4S/c1-2-11-14-10(15-19-11)6-18-8-4-3-7(13)5-9(8)20(12,16)17/h3-5H,2,6H2,1H3. The zero-order valence-electron chi connectivity index (χ0n) is 10.3. The van der Waals surface area contributed by atoms with Crippen molar-refractivity contribution in [1.82, 2.24) is 10.1 Å². The first-order valence-corrected chi connectivity index (χ1v) is 7.89. The van der Waals surface area contributed by atoms with E-state index in [-0.39, 0.29) is 18.2 Å². The predicted octanol–water partition coefficient (Wildman–Crippen LogP) is 2.28. The quantitative estimate of drug-likeness (QED) is 0.786. The molecule has 0 fully saturated rings. The summed E-state index contributed by atoms with van der Waals surface area (Å²) < 4.78 is 45.9. The van der Waals surface area contributed by atoms with Crippen molar-refractivity contribution in [3.05, 3.63) is 35.7 Å². The number of ether oxygens (including phenoxy) is 1. The van der Waals surface area contributed by atoms with Gasteiger partial charge in [-0.1, -0.05) is 12.1 Å². The first kappa shape index (κ1) is 14.7. The number of hydrogen-bond donors (Lipinski definition) is 0. The summed E-state index contributed by atoms with van der Waals surface area (Å²) in [6, 6.07) is 3.02. The van der Waals surface area contributed by atoms with Crippen LogP contribution in [0.4, 0.5) is 4.39 Å². The molecule has 2 rings (SSSR count). The maximum atomic E-state index is 13.1. The van der Waals surface area contributed by atoms with Gasteiger partial charge in [0.15, 0.2) is 6.61 Å². The Balaban J connectivity index is 2.21. The summed E-state index contributed by atoms with van der Waals surface area (Å²) in [6.45, 7) is 1.73. The summed E-state index contributed by atoms with van der Waals surface area (Å²) in [5.74, 6) is -0.120. The van der Waals surface area contributed by atoms with E-state index in [4.69, 9.17) is 19.9 Å². The summed E-state index contributed by atoms with van der Waals surface area (Å²) in [6.07, 6.45) is 0.574. The normalized spacial score (nSPS) is 11.6. The lowest BCUT2D eigenvalue weighted by molar-refractivity contribution is 0.278. The van der Waals surface area contributed by atoms with Crippen LogP contribution in [-0.2, 0) is 22.1 Å². The molecule has 0 bridgehead atoms. The second kappa shape index (κ2) is 5.76. The van der Waals surface area contributed by atoms with Gasteiger partial charge in [0, 0.05) is 17.1 Å². The molecule has 0 saturated heterocycles. The van der Waals surface area contributed by atoms with Gasteiger partial charge in [0.25, 0.3) is 9.05 Å². The minimum atomic E-state index is -4.12. The molecule has 0 aliphatic rings. The Bertz CT molecular complexity index is 717. The number of nitrogens with zero attached hydrogens (tertiary/aromatic N) is 2. The van der Waals surface area contributed by atoms with Crippen molar-refractivity contribution < 1.29 is 22.1 Å². The van der Waals surface area contributed by atoms with Crippen LogP contribution in [0.5, 0.6) is 5.75 Å². The third-order valence-corrected chi connectivity index (χ3v) is 3.68. The molecule has 0 atom stereocenters. The molecular formula is C11H10ClFN2O4S. The van der Waals surface area contributed by atoms with E-state index >= 15 is 0 Å². The van der Waals surface area contributed by atoms with Crippen LogP contribution in [0.2, 0.25) is 0 Å². The van der Waals surface area contributed by atoms with Gasteiger partial charge in [-0.2, -0.15) is 4.98 Å². The summed E-state index contributed by atoms with van der Waals surface area (Å²) in [5, 5.41) is 3.64. The molecule has 1 heterocycles. The fraction of sp³-hybridized carbons (Fsp3) is 0.273. The van der Waals surface area contributed by atoms with Crippen molar-refractivity contribution in [3.8, 4) is 5.75 Å². The summed E-state index contributed by atoms with van der Waals surface area (Å²) in [5.41, 5.74) is 0. The second-order valence-corrected chi connectivity index (χ2v) is 6.31. The molecule has 0 saturated carbocycles. The van der Waals surface area contributed by atoms with Gasteiger partial charge in [0.2, 0.25) is 11.7 Å². The Kier molecular flexibility index (Phi) is 4.24. The molecule has 0 spiro atoms. The Morgan fingerprint density at radius 1 is 1.45 bits per heavy atom. The number of hydrogen-bond acceptors (Lipinski definition) is 6. The van der Waals surface area contributed by atoms with Crippen LogP contribution in [0, 0.1) is 5.82 Å². The predicted molar refractivity (Wildman–Crippen MR) is 67.4 cm³/mol. The number of rotatable bonds is 5. The van der Waals surface area contributed by atoms with Crippen LogP contribution in [0.25, 0.3) is 0 Å². The fourth-order valence-electron chi connectivity index (χ4n) is 1.43. The summed E-state index contributed by atoms with van der Waals surface area (Å²) >= 11 is 0. The van der Waals surface area contributed by atoms with Gasteiger partial charge in [0.05, 0.1) is 0 Å². The number of benzene rings is 1. The molecule has 108 valence electrons. The van der Waals surface area contributed by atoms with Gasteiger partial charge < -0.3 is 9.26 Å². The largest absolute Gasteiger partial charge is 0.484 e. The van der Waals surface area contributed by atoms with Crippen LogP contribution in [-0.4, -0.2) is 18.6 Å². The second-order valence-electron chi connectivity index (χ2n) is 3.78. The van der Waals surface area contributed by atoms with Crippen LogP contribution in [0.1, 0.15) is 18.6 Å². The third kappa shape index (κ3) is 3.45. The molecule has 1 aromatic heterocycles. The molecule has 0 aliphatic carbocycles. The Morgan fingerprint density at radius 2 is 2.20 bits per heavy atom. The number of aromatic nitrogens is 2. The molecule has 2 aromatic rings. The highest BCUT2D eigenvalue weighted by Gasteiger charge is 2.18. The first-order chi connectivity index (χ1) is 9.40. The number of aryl methyl sites for hydroxylation is 1. The topological polar surface area (TPSA) is 82.3 Å². The molecule has 20 heavy (non-hydrogen) atoms. The highest BCUT2D eigenvalue weighted by atomic mass is 35.7. The van der Waals surface area contributed by atoms with E-state index in [2.05, 4.69) is 10.1 Å². The molecule has 0 radical (unpaired) electrons. The smallest absolute Gasteiger partial charge is 0.265 e. The van der Waals surface area contributed by atoms with E-state index in [0.29, 0.717) is 12.3 Å². The highest BCUT2D eigenvalue weighted by Crippen LogP contribution is 2.28. The van der Waals surface area contributed by atoms with E-state index in [0.717, 1.165) is 12.1 Å². The van der Waals surface area contributed by atoms with Crippen molar-refractivity contribution in [2.24, 2.45) is 0 Å². The van der Waals surface area contributed by atoms with Crippen LogP contribution in [0.15, 0.2) is 27.6 Å². The van der Waals surface area contributed by atoms with Gasteiger partial charge in [-0.25, -0.2) is 12.8 Å². The minimum absolute atomic E-state index is 0.0794. The lowest BCUT2D eigenvalue weighted by Crippen LogP contribution is -2.02. The minimum Gasteiger partial charge on any atom is -0.484 e. The van der Waals surface area contributed by atoms with Crippen molar-refractivity contribution in [1.29, 1.82) is 0 Å². The molecule has 0 amide bonds. The molecule has 1 aromatic carbocycles. The van der Waals surface area contributed by atoms with Crippen LogP contribution >= 0.6 is 10.7 Å². The Hall–Kier alpha value is -1.67. The molecule has 9 heteroatoms. The van der Waals surface area contributed by atoms with E-state index in [1.54, 1.807) is 0 Å². The zero-order chi connectivity index (χ0) is 14.8. The highest BCUT2D eigenvalue weighted by molar-refractivity contribution is 8.13. The van der Waals surface area contributed by atoms with E-state index in [9.17, 15) is 12.8 Å².